The fraction of sp³-hybridized carbons (Fsp3) is 0.222. The van der Waals surface area contributed by atoms with Crippen LogP contribution in [0.3, 0.4) is 0 Å². The molecule has 0 fully saturated rings. The number of hydrogen-bond donors (Lipinski definition) is 2. The maximum absolute atomic E-state index is 11.4. The van der Waals surface area contributed by atoms with E-state index in [0.29, 0.717) is 0 Å². The van der Waals surface area contributed by atoms with Gasteiger partial charge in [-0.2, -0.15) is 0 Å². The lowest BCUT2D eigenvalue weighted by molar-refractivity contribution is -0.120. The Kier molecular flexibility index (Phi) is 4.24. The van der Waals surface area contributed by atoms with E-state index in [0.717, 1.165) is 0 Å². The van der Waals surface area contributed by atoms with Crippen molar-refractivity contribution < 1.29 is 19.4 Å². The average Bonchev–Trinajstić information content (AvgIpc) is 2.27. The molecule has 15 heavy (non-hydrogen) atoms. The molecule has 1 aromatic heterocycles. The van der Waals surface area contributed by atoms with Crippen LogP contribution in [0.2, 0.25) is 0 Å². The molecule has 0 bridgehead atoms. The number of aromatic nitrogens is 1. The monoisotopic (exact) mass is 210 g/mol. The maximum Gasteiger partial charge on any atom is 0.298 e. The third kappa shape index (κ3) is 3.35. The highest BCUT2D eigenvalue weighted by molar-refractivity contribution is 5.94. The lowest BCUT2D eigenvalue weighted by Crippen LogP contribution is -2.26. The Hall–Kier alpha value is -1.95. The van der Waals surface area contributed by atoms with Crippen LogP contribution in [0.5, 0.6) is 5.75 Å². The molecule has 1 heterocycles. The number of carbonyl (C=O) groups excluding carboxylic acids is 2. The number of nitrogens with zero attached hydrogens (tertiary/aromatic N) is 1. The van der Waals surface area contributed by atoms with Gasteiger partial charge in [-0.3, -0.25) is 14.6 Å². The maximum atomic E-state index is 11.4. The predicted molar refractivity (Wildman–Crippen MR) is 50.3 cm³/mol. The van der Waals surface area contributed by atoms with Crippen LogP contribution < -0.4 is 10.1 Å². The van der Waals surface area contributed by atoms with Crippen molar-refractivity contribution in [3.05, 3.63) is 24.0 Å². The van der Waals surface area contributed by atoms with E-state index in [9.17, 15) is 9.59 Å². The molecule has 2 N–H and O–H groups in total. The van der Waals surface area contributed by atoms with Crippen molar-refractivity contribution >= 4 is 12.4 Å². The molecule has 1 amide bonds. The van der Waals surface area contributed by atoms with Crippen molar-refractivity contribution in [2.24, 2.45) is 0 Å². The van der Waals surface area contributed by atoms with Crippen molar-refractivity contribution in [1.82, 2.24) is 10.3 Å². The summed E-state index contributed by atoms with van der Waals surface area (Å²) in [4.78, 5) is 25.1. The minimum Gasteiger partial charge on any atom is -0.427 e. The van der Waals surface area contributed by atoms with Crippen LogP contribution in [-0.4, -0.2) is 35.6 Å². The molecule has 80 valence electrons. The number of aliphatic hydroxyl groups is 1. The minimum absolute atomic E-state index is 0.135. The number of pyridine rings is 1. The molecule has 0 aliphatic heterocycles. The second-order valence-electron chi connectivity index (χ2n) is 2.60. The Labute approximate surface area is 85.9 Å². The number of aliphatic hydroxyl groups excluding tert-OH is 1. The Bertz CT molecular complexity index is 354. The molecule has 0 saturated carbocycles. The summed E-state index contributed by atoms with van der Waals surface area (Å²) in [6.07, 6.45) is 2.65. The molecule has 0 aliphatic rings. The fourth-order valence-electron chi connectivity index (χ4n) is 0.935. The van der Waals surface area contributed by atoms with Crippen LogP contribution in [0.25, 0.3) is 0 Å². The van der Waals surface area contributed by atoms with Gasteiger partial charge in [-0.25, -0.2) is 0 Å². The lowest BCUT2D eigenvalue weighted by Gasteiger charge is -2.03. The summed E-state index contributed by atoms with van der Waals surface area (Å²) in [6.45, 7) is 0.285. The van der Waals surface area contributed by atoms with Gasteiger partial charge in [-0.1, -0.05) is 0 Å². The molecule has 1 rings (SSSR count). The largest absolute Gasteiger partial charge is 0.427 e. The van der Waals surface area contributed by atoms with Crippen LogP contribution in [0, 0.1) is 0 Å². The zero-order valence-electron chi connectivity index (χ0n) is 7.84. The van der Waals surface area contributed by atoms with E-state index < -0.39 is 0 Å². The molecule has 6 heteroatoms. The van der Waals surface area contributed by atoms with Gasteiger partial charge in [0.05, 0.1) is 18.4 Å². The predicted octanol–water partition coefficient (Wildman–Crippen LogP) is -0.661. The van der Waals surface area contributed by atoms with E-state index in [1.54, 1.807) is 0 Å². The van der Waals surface area contributed by atoms with Crippen molar-refractivity contribution in [3.63, 3.8) is 0 Å². The summed E-state index contributed by atoms with van der Waals surface area (Å²) < 4.78 is 4.53. The van der Waals surface area contributed by atoms with Gasteiger partial charge in [0.2, 0.25) is 0 Å². The molecule has 0 unspecified atom stereocenters. The number of nitrogens with one attached hydrogen (secondary N) is 1. The summed E-state index contributed by atoms with van der Waals surface area (Å²) in [7, 11) is 0. The molecular weight excluding hydrogens is 200 g/mol. The first kappa shape index (κ1) is 11.1. The second-order valence-corrected chi connectivity index (χ2v) is 2.60. The first-order valence-corrected chi connectivity index (χ1v) is 4.22. The molecule has 0 atom stereocenters. The van der Waals surface area contributed by atoms with Crippen molar-refractivity contribution in [3.8, 4) is 5.75 Å². The second kappa shape index (κ2) is 5.71. The van der Waals surface area contributed by atoms with E-state index in [1.165, 1.54) is 18.5 Å². The van der Waals surface area contributed by atoms with Gasteiger partial charge in [-0.15, -0.1) is 0 Å². The van der Waals surface area contributed by atoms with Crippen LogP contribution in [0.15, 0.2) is 18.5 Å². The zero-order valence-corrected chi connectivity index (χ0v) is 7.84. The van der Waals surface area contributed by atoms with Crippen LogP contribution in [0.4, 0.5) is 0 Å². The summed E-state index contributed by atoms with van der Waals surface area (Å²) in [5, 5.41) is 10.9. The third-order valence-corrected chi connectivity index (χ3v) is 1.56. The highest BCUT2D eigenvalue weighted by atomic mass is 16.5. The van der Waals surface area contributed by atoms with Crippen LogP contribution >= 0.6 is 0 Å². The van der Waals surface area contributed by atoms with Crippen LogP contribution in [-0.2, 0) is 4.79 Å². The first-order chi connectivity index (χ1) is 7.27. The molecule has 0 radical (unpaired) electrons. The SMILES string of the molecule is O=COc1cncc(C(=O)NCCO)c1. The fourth-order valence-corrected chi connectivity index (χ4v) is 0.935. The first-order valence-electron chi connectivity index (χ1n) is 4.22. The molecule has 0 saturated heterocycles. The van der Waals surface area contributed by atoms with E-state index in [1.807, 2.05) is 0 Å². The average molecular weight is 210 g/mol. The van der Waals surface area contributed by atoms with Crippen LogP contribution in [0.1, 0.15) is 10.4 Å². The number of carbonyl (C=O) groups is 2. The zero-order chi connectivity index (χ0) is 11.1. The quantitative estimate of drug-likeness (QED) is 0.630. The molecule has 0 spiro atoms. The van der Waals surface area contributed by atoms with E-state index >= 15 is 0 Å². The highest BCUT2D eigenvalue weighted by Crippen LogP contribution is 2.09. The van der Waals surface area contributed by atoms with Gasteiger partial charge >= 0.3 is 0 Å². The molecule has 6 nitrogen and oxygen atoms in total. The summed E-state index contributed by atoms with van der Waals surface area (Å²) in [5.74, 6) is -0.186. The molecule has 0 aromatic carbocycles. The van der Waals surface area contributed by atoms with Crippen molar-refractivity contribution in [2.75, 3.05) is 13.2 Å². The van der Waals surface area contributed by atoms with Gasteiger partial charge in [0.1, 0.15) is 5.75 Å². The topological polar surface area (TPSA) is 88.5 Å². The number of rotatable bonds is 5. The van der Waals surface area contributed by atoms with Gasteiger partial charge < -0.3 is 15.2 Å². The smallest absolute Gasteiger partial charge is 0.298 e. The van der Waals surface area contributed by atoms with E-state index in [2.05, 4.69) is 15.0 Å². The summed E-state index contributed by atoms with van der Waals surface area (Å²) in [5.41, 5.74) is 0.266. The number of ether oxygens (including phenoxy) is 1. The van der Waals surface area contributed by atoms with E-state index in [-0.39, 0.29) is 36.8 Å². The molecule has 0 aliphatic carbocycles. The third-order valence-electron chi connectivity index (χ3n) is 1.56. The standard InChI is InChI=1S/C9H10N2O4/c12-2-1-11-9(14)7-3-8(15-6-13)5-10-4-7/h3-6,12H,1-2H2,(H,11,14). The lowest BCUT2D eigenvalue weighted by atomic mass is 10.2. The highest BCUT2D eigenvalue weighted by Gasteiger charge is 2.06. The van der Waals surface area contributed by atoms with Gasteiger partial charge in [0, 0.05) is 12.7 Å². The summed E-state index contributed by atoms with van der Waals surface area (Å²) >= 11 is 0. The molecule has 1 aromatic rings. The normalized spacial score (nSPS) is 9.40. The molecular formula is C9H10N2O4. The Morgan fingerprint density at radius 3 is 3.07 bits per heavy atom. The van der Waals surface area contributed by atoms with Crippen molar-refractivity contribution in [2.45, 2.75) is 0 Å². The van der Waals surface area contributed by atoms with Gasteiger partial charge in [0.15, 0.2) is 0 Å². The number of hydrogen-bond acceptors (Lipinski definition) is 5. The van der Waals surface area contributed by atoms with Crippen molar-refractivity contribution in [1.29, 1.82) is 0 Å². The number of amides is 1. The Morgan fingerprint density at radius 2 is 2.40 bits per heavy atom. The summed E-state index contributed by atoms with van der Waals surface area (Å²) in [6, 6.07) is 1.38. The Balaban J connectivity index is 2.71. The minimum atomic E-state index is -0.382. The Morgan fingerprint density at radius 1 is 1.60 bits per heavy atom. The van der Waals surface area contributed by atoms with Gasteiger partial charge in [-0.05, 0) is 6.07 Å². The van der Waals surface area contributed by atoms with E-state index in [4.69, 9.17) is 5.11 Å². The van der Waals surface area contributed by atoms with Gasteiger partial charge in [0.25, 0.3) is 12.4 Å².